The molecule has 4 heteroatoms. The fraction of sp³-hybridized carbons (Fsp3) is 0.462. The third kappa shape index (κ3) is 2.64. The van der Waals surface area contributed by atoms with Gasteiger partial charge in [0, 0.05) is 12.5 Å². The number of carboxylic acids is 1. The monoisotopic (exact) mass is 237 g/mol. The molecule has 1 fully saturated rings. The second kappa shape index (κ2) is 4.84. The van der Waals surface area contributed by atoms with Gasteiger partial charge in [0.25, 0.3) is 0 Å². The maximum absolute atomic E-state index is 14.2. The number of benzene rings is 1. The predicted molar refractivity (Wildman–Crippen MR) is 62.9 cm³/mol. The van der Waals surface area contributed by atoms with Crippen molar-refractivity contribution in [3.63, 3.8) is 0 Å². The Bertz CT molecular complexity index is 422. The van der Waals surface area contributed by atoms with Gasteiger partial charge in [-0.1, -0.05) is 12.1 Å². The molecule has 0 amide bonds. The summed E-state index contributed by atoms with van der Waals surface area (Å²) in [5, 5.41) is 8.87. The number of nitrogens with zero attached hydrogens (tertiary/aromatic N) is 1. The fourth-order valence-corrected chi connectivity index (χ4v) is 2.32. The van der Waals surface area contributed by atoms with E-state index in [1.807, 2.05) is 7.05 Å². The summed E-state index contributed by atoms with van der Waals surface area (Å²) in [6.45, 7) is 1.64. The van der Waals surface area contributed by atoms with E-state index in [-0.39, 0.29) is 11.5 Å². The van der Waals surface area contributed by atoms with Gasteiger partial charge in [0.2, 0.25) is 0 Å². The molecule has 2 atom stereocenters. The van der Waals surface area contributed by atoms with E-state index in [0.29, 0.717) is 5.56 Å². The first kappa shape index (κ1) is 12.0. The van der Waals surface area contributed by atoms with E-state index in [0.717, 1.165) is 19.5 Å². The number of halogens is 1. The Morgan fingerprint density at radius 1 is 1.59 bits per heavy atom. The molecule has 0 aromatic heterocycles. The minimum atomic E-state index is -1.07. The van der Waals surface area contributed by atoms with Gasteiger partial charge in [-0.05, 0) is 37.7 Å². The lowest BCUT2D eigenvalue weighted by Crippen LogP contribution is -2.16. The molecule has 0 aliphatic carbocycles. The van der Waals surface area contributed by atoms with Crippen LogP contribution in [0.5, 0.6) is 0 Å². The van der Waals surface area contributed by atoms with Crippen LogP contribution in [0, 0.1) is 5.92 Å². The highest BCUT2D eigenvalue weighted by atomic mass is 19.1. The van der Waals surface area contributed by atoms with Gasteiger partial charge in [-0.2, -0.15) is 0 Å². The average molecular weight is 237 g/mol. The molecular formula is C13H16FNO2. The van der Waals surface area contributed by atoms with E-state index in [2.05, 4.69) is 4.90 Å². The summed E-state index contributed by atoms with van der Waals surface area (Å²) in [4.78, 5) is 12.9. The van der Waals surface area contributed by atoms with Gasteiger partial charge < -0.3 is 10.0 Å². The van der Waals surface area contributed by atoms with Crippen LogP contribution in [-0.4, -0.2) is 36.1 Å². The largest absolute Gasteiger partial charge is 0.478 e. The highest BCUT2D eigenvalue weighted by Gasteiger charge is 2.29. The van der Waals surface area contributed by atoms with E-state index in [1.54, 1.807) is 12.1 Å². The van der Waals surface area contributed by atoms with Gasteiger partial charge in [0.15, 0.2) is 0 Å². The van der Waals surface area contributed by atoms with Crippen LogP contribution in [0.2, 0.25) is 0 Å². The van der Waals surface area contributed by atoms with Gasteiger partial charge in [-0.15, -0.1) is 0 Å². The van der Waals surface area contributed by atoms with Gasteiger partial charge >= 0.3 is 5.97 Å². The molecule has 1 aromatic carbocycles. The van der Waals surface area contributed by atoms with Crippen LogP contribution in [0.4, 0.5) is 4.39 Å². The standard InChI is InChI=1S/C13H16FNO2/c1-15-6-5-11(8-15)12(14)9-3-2-4-10(7-9)13(16)17/h2-4,7,11-12H,5-6,8H2,1H3,(H,16,17). The Balaban J connectivity index is 2.16. The Morgan fingerprint density at radius 3 is 2.94 bits per heavy atom. The van der Waals surface area contributed by atoms with Crippen molar-refractivity contribution in [1.29, 1.82) is 0 Å². The number of hydrogen-bond donors (Lipinski definition) is 1. The van der Waals surface area contributed by atoms with Crippen molar-refractivity contribution in [2.75, 3.05) is 20.1 Å². The van der Waals surface area contributed by atoms with Crippen LogP contribution >= 0.6 is 0 Å². The SMILES string of the molecule is CN1CCC(C(F)c2cccc(C(=O)O)c2)C1. The molecule has 92 valence electrons. The van der Waals surface area contributed by atoms with Crippen molar-refractivity contribution in [2.45, 2.75) is 12.6 Å². The quantitative estimate of drug-likeness (QED) is 0.877. The molecule has 1 saturated heterocycles. The summed E-state index contributed by atoms with van der Waals surface area (Å²) in [6.07, 6.45) is -0.242. The topological polar surface area (TPSA) is 40.5 Å². The van der Waals surface area contributed by atoms with Gasteiger partial charge in [0.1, 0.15) is 6.17 Å². The number of carbonyl (C=O) groups is 1. The highest BCUT2D eigenvalue weighted by Crippen LogP contribution is 2.32. The molecular weight excluding hydrogens is 221 g/mol. The molecule has 17 heavy (non-hydrogen) atoms. The number of aromatic carboxylic acids is 1. The Labute approximate surface area is 99.9 Å². The van der Waals surface area contributed by atoms with E-state index in [4.69, 9.17) is 5.11 Å². The summed E-state index contributed by atoms with van der Waals surface area (Å²) in [6, 6.07) is 6.18. The lowest BCUT2D eigenvalue weighted by molar-refractivity contribution is 0.0696. The maximum Gasteiger partial charge on any atom is 0.335 e. The summed E-state index contributed by atoms with van der Waals surface area (Å²) in [5.74, 6) is -1.04. The molecule has 2 unspecified atom stereocenters. The molecule has 0 saturated carbocycles. The van der Waals surface area contributed by atoms with Crippen LogP contribution in [0.15, 0.2) is 24.3 Å². The number of rotatable bonds is 3. The van der Waals surface area contributed by atoms with E-state index in [1.165, 1.54) is 12.1 Å². The number of carboxylic acid groups (broad SMARTS) is 1. The molecule has 1 heterocycles. The third-order valence-corrected chi connectivity index (χ3v) is 3.29. The Morgan fingerprint density at radius 2 is 2.35 bits per heavy atom. The zero-order valence-corrected chi connectivity index (χ0v) is 9.77. The van der Waals surface area contributed by atoms with Crippen molar-refractivity contribution < 1.29 is 14.3 Å². The first-order valence-corrected chi connectivity index (χ1v) is 5.74. The normalized spacial score (nSPS) is 22.6. The zero-order valence-electron chi connectivity index (χ0n) is 9.77. The summed E-state index contributed by atoms with van der Waals surface area (Å²) >= 11 is 0. The van der Waals surface area contributed by atoms with Crippen LogP contribution in [0.1, 0.15) is 28.5 Å². The smallest absolute Gasteiger partial charge is 0.335 e. The van der Waals surface area contributed by atoms with Crippen molar-refractivity contribution in [3.8, 4) is 0 Å². The molecule has 0 bridgehead atoms. The molecule has 1 aromatic rings. The van der Waals surface area contributed by atoms with Gasteiger partial charge in [0.05, 0.1) is 5.56 Å². The minimum Gasteiger partial charge on any atom is -0.478 e. The van der Waals surface area contributed by atoms with E-state index < -0.39 is 12.1 Å². The molecule has 0 radical (unpaired) electrons. The maximum atomic E-state index is 14.2. The molecule has 1 N–H and O–H groups in total. The van der Waals surface area contributed by atoms with Crippen molar-refractivity contribution in [3.05, 3.63) is 35.4 Å². The number of alkyl halides is 1. The number of likely N-dealkylation sites (tertiary alicyclic amines) is 1. The minimum absolute atomic E-state index is 0.0240. The molecule has 3 nitrogen and oxygen atoms in total. The van der Waals surface area contributed by atoms with Crippen LogP contribution in [0.25, 0.3) is 0 Å². The first-order chi connectivity index (χ1) is 8.08. The highest BCUT2D eigenvalue weighted by molar-refractivity contribution is 5.87. The average Bonchev–Trinajstić information content (AvgIpc) is 2.75. The van der Waals surface area contributed by atoms with Crippen molar-refractivity contribution >= 4 is 5.97 Å². The molecule has 1 aliphatic heterocycles. The lowest BCUT2D eigenvalue weighted by atomic mass is 9.95. The fourth-order valence-electron chi connectivity index (χ4n) is 2.32. The third-order valence-electron chi connectivity index (χ3n) is 3.29. The second-order valence-electron chi connectivity index (χ2n) is 4.64. The molecule has 1 aliphatic rings. The zero-order chi connectivity index (χ0) is 12.4. The molecule has 2 rings (SSSR count). The summed E-state index contributed by atoms with van der Waals surface area (Å²) < 4.78 is 14.2. The van der Waals surface area contributed by atoms with E-state index in [9.17, 15) is 9.18 Å². The summed E-state index contributed by atoms with van der Waals surface area (Å²) in [7, 11) is 1.97. The van der Waals surface area contributed by atoms with Crippen LogP contribution < -0.4 is 0 Å². The van der Waals surface area contributed by atoms with Crippen LogP contribution in [-0.2, 0) is 0 Å². The Kier molecular flexibility index (Phi) is 3.43. The van der Waals surface area contributed by atoms with Crippen molar-refractivity contribution in [2.24, 2.45) is 5.92 Å². The first-order valence-electron chi connectivity index (χ1n) is 5.74. The van der Waals surface area contributed by atoms with Gasteiger partial charge in [-0.3, -0.25) is 0 Å². The second-order valence-corrected chi connectivity index (χ2v) is 4.64. The van der Waals surface area contributed by atoms with Crippen molar-refractivity contribution in [1.82, 2.24) is 4.90 Å². The van der Waals surface area contributed by atoms with E-state index >= 15 is 0 Å². The Hall–Kier alpha value is -1.42. The number of hydrogen-bond acceptors (Lipinski definition) is 2. The lowest BCUT2D eigenvalue weighted by Gasteiger charge is -2.16. The predicted octanol–water partition coefficient (Wildman–Crippen LogP) is 2.35. The van der Waals surface area contributed by atoms with Gasteiger partial charge in [-0.25, -0.2) is 9.18 Å². The van der Waals surface area contributed by atoms with Crippen LogP contribution in [0.3, 0.4) is 0 Å². The molecule has 0 spiro atoms. The summed E-state index contributed by atoms with van der Waals surface area (Å²) in [5.41, 5.74) is 0.627.